The number of amides is 2. The molecule has 2 N–H and O–H groups in total. The smallest absolute Gasteiger partial charge is 0.334 e. The number of anilines is 1. The van der Waals surface area contributed by atoms with Gasteiger partial charge in [0.1, 0.15) is 0 Å². The molecule has 1 fully saturated rings. The third kappa shape index (κ3) is 4.54. The lowest BCUT2D eigenvalue weighted by molar-refractivity contribution is -0.138. The van der Waals surface area contributed by atoms with Gasteiger partial charge in [-0.25, -0.2) is 4.79 Å². The highest BCUT2D eigenvalue weighted by Gasteiger charge is 2.36. The van der Waals surface area contributed by atoms with Crippen LogP contribution in [0, 0.1) is 0 Å². The van der Waals surface area contributed by atoms with E-state index in [1.54, 1.807) is 0 Å². The number of aromatic nitrogens is 2. The Morgan fingerprint density at radius 2 is 2.14 bits per heavy atom. The second-order valence-corrected chi connectivity index (χ2v) is 6.41. The summed E-state index contributed by atoms with van der Waals surface area (Å²) in [6.07, 6.45) is -2.73. The van der Waals surface area contributed by atoms with Gasteiger partial charge >= 0.3 is 12.2 Å². The fourth-order valence-corrected chi connectivity index (χ4v) is 2.91. The Labute approximate surface area is 130 Å². The number of piperidine rings is 1. The van der Waals surface area contributed by atoms with Crippen molar-refractivity contribution in [2.75, 3.05) is 18.4 Å². The molecule has 2 amide bonds. The van der Waals surface area contributed by atoms with Gasteiger partial charge in [0.2, 0.25) is 10.1 Å². The van der Waals surface area contributed by atoms with Crippen molar-refractivity contribution in [1.82, 2.24) is 20.4 Å². The van der Waals surface area contributed by atoms with Gasteiger partial charge < -0.3 is 5.32 Å². The third-order valence-electron chi connectivity index (χ3n) is 3.41. The number of likely N-dealkylation sites (tertiary alicyclic amines) is 1. The number of urea groups is 1. The Hall–Kier alpha value is -1.42. The zero-order valence-electron chi connectivity index (χ0n) is 12.3. The molecule has 0 spiro atoms. The fraction of sp³-hybridized carbons (Fsp3) is 0.750. The van der Waals surface area contributed by atoms with Crippen molar-refractivity contribution in [1.29, 1.82) is 0 Å². The number of nitrogens with zero attached hydrogens (tertiary/aromatic N) is 3. The molecule has 0 radical (unpaired) electrons. The molecule has 10 heteroatoms. The summed E-state index contributed by atoms with van der Waals surface area (Å²) in [7, 11) is 0. The molecular weight excluding hydrogens is 319 g/mol. The van der Waals surface area contributed by atoms with Crippen LogP contribution in [0.1, 0.15) is 31.7 Å². The van der Waals surface area contributed by atoms with Gasteiger partial charge in [-0.15, -0.1) is 10.2 Å². The summed E-state index contributed by atoms with van der Waals surface area (Å²) in [6, 6.07) is -0.184. The average Bonchev–Trinajstić information content (AvgIpc) is 2.87. The maximum Gasteiger partial charge on any atom is 0.445 e. The molecule has 1 aliphatic heterocycles. The first-order valence-corrected chi connectivity index (χ1v) is 7.79. The maximum atomic E-state index is 12.4. The van der Waals surface area contributed by atoms with E-state index in [2.05, 4.69) is 39.6 Å². The minimum Gasteiger partial charge on any atom is -0.334 e. The van der Waals surface area contributed by atoms with Crippen molar-refractivity contribution in [3.8, 4) is 0 Å². The van der Waals surface area contributed by atoms with Gasteiger partial charge in [-0.05, 0) is 33.2 Å². The van der Waals surface area contributed by atoms with E-state index in [0.29, 0.717) is 17.4 Å². The highest BCUT2D eigenvalue weighted by molar-refractivity contribution is 7.15. The van der Waals surface area contributed by atoms with Crippen molar-refractivity contribution in [3.63, 3.8) is 0 Å². The van der Waals surface area contributed by atoms with Gasteiger partial charge in [0, 0.05) is 18.6 Å². The van der Waals surface area contributed by atoms with Crippen molar-refractivity contribution >= 4 is 22.5 Å². The van der Waals surface area contributed by atoms with E-state index >= 15 is 0 Å². The van der Waals surface area contributed by atoms with Gasteiger partial charge in [-0.2, -0.15) is 13.2 Å². The fourth-order valence-electron chi connectivity index (χ4n) is 2.30. The van der Waals surface area contributed by atoms with Gasteiger partial charge in [-0.1, -0.05) is 11.3 Å². The largest absolute Gasteiger partial charge is 0.445 e. The van der Waals surface area contributed by atoms with Crippen molar-refractivity contribution in [2.45, 2.75) is 44.9 Å². The monoisotopic (exact) mass is 337 g/mol. The van der Waals surface area contributed by atoms with Gasteiger partial charge in [0.25, 0.3) is 0 Å². The Bertz CT molecular complexity index is 519. The number of nitrogens with one attached hydrogen (secondary N) is 2. The van der Waals surface area contributed by atoms with Gasteiger partial charge in [0.05, 0.1) is 0 Å². The molecule has 22 heavy (non-hydrogen) atoms. The summed E-state index contributed by atoms with van der Waals surface area (Å²) >= 11 is 0.306. The minimum atomic E-state index is -4.55. The van der Waals surface area contributed by atoms with Crippen LogP contribution in [0.15, 0.2) is 0 Å². The number of halogens is 3. The van der Waals surface area contributed by atoms with E-state index in [4.69, 9.17) is 0 Å². The molecule has 2 heterocycles. The molecule has 124 valence electrons. The Kier molecular flexibility index (Phi) is 5.22. The van der Waals surface area contributed by atoms with E-state index in [1.807, 2.05) is 0 Å². The molecular formula is C12H18F3N5OS. The van der Waals surface area contributed by atoms with Crippen LogP contribution in [-0.2, 0) is 6.18 Å². The predicted molar refractivity (Wildman–Crippen MR) is 76.8 cm³/mol. The standard InChI is InChI=1S/C12H18F3N5OS/c1-7(2)20-5-3-4-8(6-20)16-10(21)17-11-19-18-9(22-11)12(13,14)15/h7-8H,3-6H2,1-2H3,(H2,16,17,19,21)/t8-/m1/s1. The van der Waals surface area contributed by atoms with E-state index in [9.17, 15) is 18.0 Å². The lowest BCUT2D eigenvalue weighted by Gasteiger charge is -2.35. The minimum absolute atomic E-state index is 0.0221. The molecule has 1 atom stereocenters. The van der Waals surface area contributed by atoms with E-state index in [0.717, 1.165) is 25.9 Å². The highest BCUT2D eigenvalue weighted by atomic mass is 32.1. The van der Waals surface area contributed by atoms with Crippen LogP contribution in [0.4, 0.5) is 23.1 Å². The molecule has 0 unspecified atom stereocenters. The second kappa shape index (κ2) is 6.78. The Balaban J connectivity index is 1.86. The third-order valence-corrected chi connectivity index (χ3v) is 4.29. The summed E-state index contributed by atoms with van der Waals surface area (Å²) < 4.78 is 37.2. The summed E-state index contributed by atoms with van der Waals surface area (Å²) in [5.41, 5.74) is 0. The summed E-state index contributed by atoms with van der Waals surface area (Å²) in [4.78, 5) is 14.1. The number of hydrogen-bond acceptors (Lipinski definition) is 5. The molecule has 0 aromatic carbocycles. The first-order chi connectivity index (χ1) is 10.3. The van der Waals surface area contributed by atoms with Gasteiger partial charge in [0.15, 0.2) is 0 Å². The molecule has 0 saturated carbocycles. The molecule has 0 bridgehead atoms. The quantitative estimate of drug-likeness (QED) is 0.889. The molecule has 2 rings (SSSR count). The lowest BCUT2D eigenvalue weighted by Crippen LogP contribution is -2.50. The normalized spacial score (nSPS) is 20.2. The molecule has 0 aliphatic carbocycles. The zero-order valence-corrected chi connectivity index (χ0v) is 13.1. The number of hydrogen-bond donors (Lipinski definition) is 2. The summed E-state index contributed by atoms with van der Waals surface area (Å²) in [5.74, 6) is 0. The number of alkyl halides is 3. The van der Waals surface area contributed by atoms with Crippen molar-refractivity contribution in [3.05, 3.63) is 5.01 Å². The van der Waals surface area contributed by atoms with E-state index in [1.165, 1.54) is 0 Å². The molecule has 1 aromatic heterocycles. The SMILES string of the molecule is CC(C)N1CCC[C@@H](NC(=O)Nc2nnc(C(F)(F)F)s2)C1. The van der Waals surface area contributed by atoms with Gasteiger partial charge in [-0.3, -0.25) is 10.2 Å². The highest BCUT2D eigenvalue weighted by Crippen LogP contribution is 2.32. The van der Waals surface area contributed by atoms with Crippen molar-refractivity contribution in [2.24, 2.45) is 0 Å². The average molecular weight is 337 g/mol. The first kappa shape index (κ1) is 16.9. The van der Waals surface area contributed by atoms with Crippen LogP contribution >= 0.6 is 11.3 Å². The van der Waals surface area contributed by atoms with E-state index < -0.39 is 17.2 Å². The molecule has 1 saturated heterocycles. The van der Waals surface area contributed by atoms with E-state index in [-0.39, 0.29) is 11.2 Å². The lowest BCUT2D eigenvalue weighted by atomic mass is 10.0. The molecule has 1 aliphatic rings. The van der Waals surface area contributed by atoms with Crippen LogP contribution in [0.2, 0.25) is 0 Å². The van der Waals surface area contributed by atoms with Crippen LogP contribution in [-0.4, -0.2) is 46.3 Å². The van der Waals surface area contributed by atoms with Crippen LogP contribution in [0.5, 0.6) is 0 Å². The summed E-state index contributed by atoms with van der Waals surface area (Å²) in [5, 5.41) is 10.2. The van der Waals surface area contributed by atoms with Crippen molar-refractivity contribution < 1.29 is 18.0 Å². The van der Waals surface area contributed by atoms with Crippen LogP contribution < -0.4 is 10.6 Å². The predicted octanol–water partition coefficient (Wildman–Crippen LogP) is 2.55. The first-order valence-electron chi connectivity index (χ1n) is 6.98. The molecule has 1 aromatic rings. The number of carbonyl (C=O) groups is 1. The molecule has 6 nitrogen and oxygen atoms in total. The maximum absolute atomic E-state index is 12.4. The number of rotatable bonds is 3. The van der Waals surface area contributed by atoms with Crippen LogP contribution in [0.25, 0.3) is 0 Å². The Morgan fingerprint density at radius 3 is 2.73 bits per heavy atom. The second-order valence-electron chi connectivity index (χ2n) is 5.44. The Morgan fingerprint density at radius 1 is 1.41 bits per heavy atom. The topological polar surface area (TPSA) is 70.2 Å². The summed E-state index contributed by atoms with van der Waals surface area (Å²) in [6.45, 7) is 5.89. The van der Waals surface area contributed by atoms with Crippen LogP contribution in [0.3, 0.4) is 0 Å². The zero-order chi connectivity index (χ0) is 16.3. The number of carbonyl (C=O) groups excluding carboxylic acids is 1.